The van der Waals surface area contributed by atoms with E-state index < -0.39 is 0 Å². The van der Waals surface area contributed by atoms with E-state index in [-0.39, 0.29) is 5.91 Å². The molecule has 0 fully saturated rings. The quantitative estimate of drug-likeness (QED) is 0.647. The van der Waals surface area contributed by atoms with Gasteiger partial charge in [-0.15, -0.1) is 0 Å². The summed E-state index contributed by atoms with van der Waals surface area (Å²) in [5.41, 5.74) is 5.42. The Morgan fingerprint density at radius 3 is 2.44 bits per heavy atom. The van der Waals surface area contributed by atoms with E-state index in [1.54, 1.807) is 11.9 Å². The molecule has 6 heteroatoms. The summed E-state index contributed by atoms with van der Waals surface area (Å²) in [6.45, 7) is 3.58. The maximum atomic E-state index is 11.9. The van der Waals surface area contributed by atoms with Gasteiger partial charge in [-0.2, -0.15) is 11.8 Å². The number of nitrogens with two attached hydrogens (primary N) is 1. The molecule has 0 aromatic heterocycles. The Kier molecular flexibility index (Phi) is 9.40. The van der Waals surface area contributed by atoms with Crippen LogP contribution in [0.25, 0.3) is 0 Å². The minimum Gasteiger partial charge on any atom is -0.393 e. The average molecular weight is 291 g/mol. The smallest absolute Gasteiger partial charge is 0.223 e. The molecular weight excluding hydrogens is 266 g/mol. The molecule has 1 unspecified atom stereocenters. The van der Waals surface area contributed by atoms with Crippen LogP contribution in [0.5, 0.6) is 0 Å². The van der Waals surface area contributed by atoms with Gasteiger partial charge in [0.1, 0.15) is 0 Å². The largest absolute Gasteiger partial charge is 0.393 e. The van der Waals surface area contributed by atoms with Gasteiger partial charge < -0.3 is 15.5 Å². The van der Waals surface area contributed by atoms with Crippen LogP contribution in [-0.4, -0.2) is 65.9 Å². The molecule has 0 saturated carbocycles. The standard InChI is InChI=1S/C12H25N3OS2/c1-10(9-18-4)14(2)8-6-12(16)15(3)7-5-11(13)17/h10H,5-9H2,1-4H3,(H2,13,17). The third-order valence-corrected chi connectivity index (χ3v) is 3.98. The number of rotatable bonds is 9. The first-order chi connectivity index (χ1) is 8.38. The molecule has 1 amide bonds. The number of amides is 1. The molecule has 0 aliphatic carbocycles. The molecule has 1 atom stereocenters. The SMILES string of the molecule is CSCC(C)N(C)CCC(=O)N(C)CCC(N)=S. The number of nitrogens with zero attached hydrogens (tertiary/aromatic N) is 2. The molecule has 0 aromatic rings. The van der Waals surface area contributed by atoms with E-state index in [0.29, 0.717) is 30.4 Å². The Labute approximate surface area is 120 Å². The van der Waals surface area contributed by atoms with Crippen molar-refractivity contribution in [1.29, 1.82) is 0 Å². The molecule has 2 N–H and O–H groups in total. The molecular formula is C12H25N3OS2. The van der Waals surface area contributed by atoms with Gasteiger partial charge in [-0.05, 0) is 20.2 Å². The van der Waals surface area contributed by atoms with Crippen molar-refractivity contribution in [2.75, 3.05) is 39.2 Å². The van der Waals surface area contributed by atoms with Crippen molar-refractivity contribution in [1.82, 2.24) is 9.80 Å². The summed E-state index contributed by atoms with van der Waals surface area (Å²) in [4.78, 5) is 16.2. The van der Waals surface area contributed by atoms with Crippen molar-refractivity contribution < 1.29 is 4.79 Å². The summed E-state index contributed by atoms with van der Waals surface area (Å²) >= 11 is 6.62. The van der Waals surface area contributed by atoms with Gasteiger partial charge in [0.2, 0.25) is 5.91 Å². The lowest BCUT2D eigenvalue weighted by atomic mass is 10.3. The molecule has 4 nitrogen and oxygen atoms in total. The highest BCUT2D eigenvalue weighted by Crippen LogP contribution is 2.05. The maximum absolute atomic E-state index is 11.9. The number of thioether (sulfide) groups is 1. The molecule has 18 heavy (non-hydrogen) atoms. The van der Waals surface area contributed by atoms with Crippen molar-refractivity contribution in [3.05, 3.63) is 0 Å². The molecule has 0 radical (unpaired) electrons. The van der Waals surface area contributed by atoms with Crippen molar-refractivity contribution in [2.24, 2.45) is 5.73 Å². The third kappa shape index (κ3) is 7.89. The maximum Gasteiger partial charge on any atom is 0.223 e. The second-order valence-electron chi connectivity index (χ2n) is 4.57. The number of carbonyl (C=O) groups excluding carboxylic acids is 1. The van der Waals surface area contributed by atoms with Gasteiger partial charge in [0.25, 0.3) is 0 Å². The van der Waals surface area contributed by atoms with Gasteiger partial charge in [-0.25, -0.2) is 0 Å². The van der Waals surface area contributed by atoms with Crippen molar-refractivity contribution in [2.45, 2.75) is 25.8 Å². The van der Waals surface area contributed by atoms with Crippen molar-refractivity contribution in [3.63, 3.8) is 0 Å². The van der Waals surface area contributed by atoms with Gasteiger partial charge in [0, 0.05) is 44.8 Å². The summed E-state index contributed by atoms with van der Waals surface area (Å²) in [5, 5.41) is 0. The number of hydrogen-bond acceptors (Lipinski definition) is 4. The highest BCUT2D eigenvalue weighted by atomic mass is 32.2. The monoisotopic (exact) mass is 291 g/mol. The van der Waals surface area contributed by atoms with Gasteiger partial charge in [0.05, 0.1) is 4.99 Å². The average Bonchev–Trinajstić information content (AvgIpc) is 2.32. The van der Waals surface area contributed by atoms with Crippen LogP contribution in [0.4, 0.5) is 0 Å². The van der Waals surface area contributed by atoms with Crippen LogP contribution in [0.3, 0.4) is 0 Å². The summed E-state index contributed by atoms with van der Waals surface area (Å²) in [7, 11) is 3.86. The fraction of sp³-hybridized carbons (Fsp3) is 0.833. The molecule has 0 spiro atoms. The first-order valence-electron chi connectivity index (χ1n) is 6.10. The van der Waals surface area contributed by atoms with Gasteiger partial charge in [-0.1, -0.05) is 12.2 Å². The van der Waals surface area contributed by atoms with Crippen molar-refractivity contribution >= 4 is 34.9 Å². The molecule has 0 rings (SSSR count). The molecule has 0 aliphatic rings. The van der Waals surface area contributed by atoms with E-state index in [4.69, 9.17) is 18.0 Å². The van der Waals surface area contributed by atoms with E-state index in [0.717, 1.165) is 12.3 Å². The number of thiocarbonyl (C=S) groups is 1. The Balaban J connectivity index is 3.90. The van der Waals surface area contributed by atoms with E-state index in [2.05, 4.69) is 25.1 Å². The Hall–Kier alpha value is -0.330. The highest BCUT2D eigenvalue weighted by Gasteiger charge is 2.13. The minimum absolute atomic E-state index is 0.148. The molecule has 106 valence electrons. The lowest BCUT2D eigenvalue weighted by molar-refractivity contribution is -0.130. The van der Waals surface area contributed by atoms with E-state index in [1.165, 1.54) is 0 Å². The van der Waals surface area contributed by atoms with Gasteiger partial charge >= 0.3 is 0 Å². The van der Waals surface area contributed by atoms with Crippen LogP contribution >= 0.6 is 24.0 Å². The predicted octanol–water partition coefficient (Wildman–Crippen LogP) is 1.19. The Morgan fingerprint density at radius 2 is 1.94 bits per heavy atom. The fourth-order valence-corrected chi connectivity index (χ4v) is 2.28. The highest BCUT2D eigenvalue weighted by molar-refractivity contribution is 7.98. The summed E-state index contributed by atoms with van der Waals surface area (Å²) < 4.78 is 0. The second kappa shape index (κ2) is 9.58. The molecule has 0 aliphatic heterocycles. The summed E-state index contributed by atoms with van der Waals surface area (Å²) in [6.07, 6.45) is 3.23. The first kappa shape index (κ1) is 17.7. The predicted molar refractivity (Wildman–Crippen MR) is 84.1 cm³/mol. The summed E-state index contributed by atoms with van der Waals surface area (Å²) in [5.74, 6) is 1.23. The van der Waals surface area contributed by atoms with Crippen LogP contribution in [0.15, 0.2) is 0 Å². The zero-order valence-corrected chi connectivity index (χ0v) is 13.4. The lowest BCUT2D eigenvalue weighted by Crippen LogP contribution is -2.36. The Morgan fingerprint density at radius 1 is 1.33 bits per heavy atom. The normalized spacial score (nSPS) is 12.5. The van der Waals surface area contributed by atoms with Crippen molar-refractivity contribution in [3.8, 4) is 0 Å². The minimum atomic E-state index is 0.148. The van der Waals surface area contributed by atoms with Crippen LogP contribution in [0, 0.1) is 0 Å². The third-order valence-electron chi connectivity index (χ3n) is 2.96. The first-order valence-corrected chi connectivity index (χ1v) is 7.90. The van der Waals surface area contributed by atoms with E-state index >= 15 is 0 Å². The van der Waals surface area contributed by atoms with E-state index in [9.17, 15) is 4.79 Å². The second-order valence-corrected chi connectivity index (χ2v) is 6.00. The van der Waals surface area contributed by atoms with Crippen LogP contribution in [-0.2, 0) is 4.79 Å². The van der Waals surface area contributed by atoms with Gasteiger partial charge in [0.15, 0.2) is 0 Å². The molecule has 0 heterocycles. The van der Waals surface area contributed by atoms with Crippen LogP contribution in [0.2, 0.25) is 0 Å². The number of carbonyl (C=O) groups is 1. The topological polar surface area (TPSA) is 49.6 Å². The molecule has 0 aromatic carbocycles. The van der Waals surface area contributed by atoms with Gasteiger partial charge in [-0.3, -0.25) is 4.79 Å². The summed E-state index contributed by atoms with van der Waals surface area (Å²) in [6, 6.07) is 0.495. The lowest BCUT2D eigenvalue weighted by Gasteiger charge is -2.25. The molecule has 0 saturated heterocycles. The Bertz CT molecular complexity index is 274. The van der Waals surface area contributed by atoms with Crippen LogP contribution < -0.4 is 5.73 Å². The zero-order valence-electron chi connectivity index (χ0n) is 11.8. The fourth-order valence-electron chi connectivity index (χ4n) is 1.45. The zero-order chi connectivity index (χ0) is 14.1. The van der Waals surface area contributed by atoms with Crippen LogP contribution in [0.1, 0.15) is 19.8 Å². The van der Waals surface area contributed by atoms with E-state index in [1.807, 2.05) is 11.8 Å². The number of hydrogen-bond donors (Lipinski definition) is 1. The molecule has 0 bridgehead atoms.